The van der Waals surface area contributed by atoms with Crippen LogP contribution in [0.2, 0.25) is 0 Å². The fourth-order valence-corrected chi connectivity index (χ4v) is 2.66. The van der Waals surface area contributed by atoms with Crippen LogP contribution in [-0.2, 0) is 0 Å². The Balaban J connectivity index is 1.89. The maximum absolute atomic E-state index is 12.9. The minimum Gasteiger partial charge on any atom is -0.497 e. The van der Waals surface area contributed by atoms with Crippen molar-refractivity contribution in [1.82, 2.24) is 9.55 Å². The molecule has 0 spiro atoms. The molecule has 2 aromatic carbocycles. The number of aromatic nitrogens is 2. The molecule has 0 aliphatic carbocycles. The van der Waals surface area contributed by atoms with Crippen molar-refractivity contribution in [1.29, 1.82) is 0 Å². The second kappa shape index (κ2) is 8.45. The smallest absolute Gasteiger partial charge is 0.209 e. The maximum Gasteiger partial charge on any atom is 0.209 e. The average Bonchev–Trinajstić information content (AvgIpc) is 3.21. The average molecular weight is 409 g/mol. The molecule has 0 N–H and O–H groups in total. The van der Waals surface area contributed by atoms with E-state index in [1.807, 2.05) is 36.4 Å². The largest absolute Gasteiger partial charge is 0.497 e. The predicted molar refractivity (Wildman–Crippen MR) is 107 cm³/mol. The van der Waals surface area contributed by atoms with Gasteiger partial charge in [0.05, 0.1) is 19.1 Å². The number of nitrogens with zero attached hydrogens (tertiary/aromatic N) is 2. The Kier molecular flexibility index (Phi) is 5.81. The van der Waals surface area contributed by atoms with Gasteiger partial charge in [0.2, 0.25) is 5.78 Å². The van der Waals surface area contributed by atoms with Crippen molar-refractivity contribution in [3.05, 3.63) is 95.0 Å². The van der Waals surface area contributed by atoms with Gasteiger partial charge in [0.25, 0.3) is 0 Å². The van der Waals surface area contributed by atoms with Crippen LogP contribution in [0.1, 0.15) is 15.9 Å². The van der Waals surface area contributed by atoms with Crippen molar-refractivity contribution in [3.63, 3.8) is 0 Å². The molecule has 3 aromatic rings. The molecule has 1 aromatic heterocycles. The Labute approximate surface area is 160 Å². The third kappa shape index (κ3) is 4.37. The van der Waals surface area contributed by atoms with Crippen LogP contribution >= 0.6 is 15.9 Å². The van der Waals surface area contributed by atoms with Gasteiger partial charge in [0.15, 0.2) is 0 Å². The SMILES string of the molecule is COc1ccc(C(=O)/C(=C/C=C/c2ccc(Br)cc2)n2ccnc2)cc1. The molecule has 0 unspecified atom stereocenters. The van der Waals surface area contributed by atoms with Gasteiger partial charge in [0, 0.05) is 22.4 Å². The first-order chi connectivity index (χ1) is 12.7. The Hall–Kier alpha value is -2.92. The van der Waals surface area contributed by atoms with E-state index in [9.17, 15) is 4.79 Å². The maximum atomic E-state index is 12.9. The summed E-state index contributed by atoms with van der Waals surface area (Å²) in [6, 6.07) is 15.0. The number of halogens is 1. The van der Waals surface area contributed by atoms with Crippen molar-refractivity contribution in [3.8, 4) is 5.75 Å². The van der Waals surface area contributed by atoms with Gasteiger partial charge in [-0.15, -0.1) is 0 Å². The molecule has 5 heteroatoms. The summed E-state index contributed by atoms with van der Waals surface area (Å²) < 4.78 is 7.88. The van der Waals surface area contributed by atoms with Gasteiger partial charge in [-0.2, -0.15) is 0 Å². The first-order valence-corrected chi connectivity index (χ1v) is 8.77. The molecule has 0 saturated heterocycles. The van der Waals surface area contributed by atoms with Gasteiger partial charge in [-0.25, -0.2) is 4.98 Å². The van der Waals surface area contributed by atoms with Crippen LogP contribution in [0.15, 0.2) is 83.9 Å². The van der Waals surface area contributed by atoms with Crippen molar-refractivity contribution in [2.45, 2.75) is 0 Å². The number of benzene rings is 2. The Bertz CT molecular complexity index is 925. The second-order valence-corrected chi connectivity index (χ2v) is 6.41. The second-order valence-electron chi connectivity index (χ2n) is 5.49. The molecule has 4 nitrogen and oxygen atoms in total. The molecule has 0 saturated carbocycles. The third-order valence-corrected chi connectivity index (χ3v) is 4.31. The van der Waals surface area contributed by atoms with E-state index in [4.69, 9.17) is 4.74 Å². The van der Waals surface area contributed by atoms with Gasteiger partial charge in [-0.1, -0.05) is 40.2 Å². The highest BCUT2D eigenvalue weighted by atomic mass is 79.9. The van der Waals surface area contributed by atoms with Crippen LogP contribution in [0.25, 0.3) is 11.8 Å². The molecule has 0 aliphatic heterocycles. The summed E-state index contributed by atoms with van der Waals surface area (Å²) in [6.45, 7) is 0. The summed E-state index contributed by atoms with van der Waals surface area (Å²) in [5.74, 6) is 0.621. The van der Waals surface area contributed by atoms with Crippen molar-refractivity contribution in [2.75, 3.05) is 7.11 Å². The number of carbonyl (C=O) groups excluding carboxylic acids is 1. The van der Waals surface area contributed by atoms with E-state index in [1.165, 1.54) is 0 Å². The van der Waals surface area contributed by atoms with Crippen molar-refractivity contribution < 1.29 is 9.53 Å². The van der Waals surface area contributed by atoms with E-state index in [-0.39, 0.29) is 5.78 Å². The summed E-state index contributed by atoms with van der Waals surface area (Å²) in [5, 5.41) is 0. The summed E-state index contributed by atoms with van der Waals surface area (Å²) in [7, 11) is 1.60. The highest BCUT2D eigenvalue weighted by Crippen LogP contribution is 2.18. The molecule has 0 radical (unpaired) electrons. The lowest BCUT2D eigenvalue weighted by molar-refractivity contribution is 0.105. The lowest BCUT2D eigenvalue weighted by Crippen LogP contribution is -2.08. The highest BCUT2D eigenvalue weighted by Gasteiger charge is 2.13. The minimum atomic E-state index is -0.0916. The van der Waals surface area contributed by atoms with Gasteiger partial charge in [-0.3, -0.25) is 4.79 Å². The number of rotatable bonds is 6. The zero-order chi connectivity index (χ0) is 18.4. The first-order valence-electron chi connectivity index (χ1n) is 7.98. The number of ether oxygens (including phenoxy) is 1. The van der Waals surface area contributed by atoms with E-state index in [2.05, 4.69) is 20.9 Å². The molecular formula is C21H17BrN2O2. The van der Waals surface area contributed by atoms with Gasteiger partial charge in [0.1, 0.15) is 5.75 Å². The zero-order valence-electron chi connectivity index (χ0n) is 14.2. The highest BCUT2D eigenvalue weighted by molar-refractivity contribution is 9.10. The minimum absolute atomic E-state index is 0.0916. The van der Waals surface area contributed by atoms with E-state index in [1.54, 1.807) is 60.7 Å². The quantitative estimate of drug-likeness (QED) is 0.324. The number of Topliss-reactive ketones (excluding diaryl/α,β-unsaturated/α-hetero) is 1. The molecule has 1 heterocycles. The number of allylic oxidation sites excluding steroid dienone is 3. The number of imidazole rings is 1. The summed E-state index contributed by atoms with van der Waals surface area (Å²) in [5.41, 5.74) is 2.15. The van der Waals surface area contributed by atoms with Crippen LogP contribution in [-0.4, -0.2) is 22.4 Å². The first kappa shape index (κ1) is 17.9. The molecule has 0 amide bonds. The molecule has 0 atom stereocenters. The van der Waals surface area contributed by atoms with Crippen LogP contribution in [0.4, 0.5) is 0 Å². The number of hydrogen-bond acceptors (Lipinski definition) is 3. The summed E-state index contributed by atoms with van der Waals surface area (Å²) in [4.78, 5) is 17.0. The van der Waals surface area contributed by atoms with E-state index in [0.29, 0.717) is 17.0 Å². The third-order valence-electron chi connectivity index (χ3n) is 3.78. The Morgan fingerprint density at radius 2 is 1.85 bits per heavy atom. The van der Waals surface area contributed by atoms with Crippen LogP contribution in [0.5, 0.6) is 5.75 Å². The molecule has 3 rings (SSSR count). The molecule has 0 fully saturated rings. The lowest BCUT2D eigenvalue weighted by Gasteiger charge is -2.08. The molecule has 26 heavy (non-hydrogen) atoms. The predicted octanol–water partition coefficient (Wildman–Crippen LogP) is 5.09. The lowest BCUT2D eigenvalue weighted by atomic mass is 10.1. The van der Waals surface area contributed by atoms with Gasteiger partial charge >= 0.3 is 0 Å². The fraction of sp³-hybridized carbons (Fsp3) is 0.0476. The van der Waals surface area contributed by atoms with Gasteiger partial charge < -0.3 is 9.30 Å². The van der Waals surface area contributed by atoms with E-state index in [0.717, 1.165) is 10.0 Å². The van der Waals surface area contributed by atoms with E-state index >= 15 is 0 Å². The van der Waals surface area contributed by atoms with E-state index < -0.39 is 0 Å². The normalized spacial score (nSPS) is 11.7. The van der Waals surface area contributed by atoms with Crippen molar-refractivity contribution in [2.24, 2.45) is 0 Å². The number of ketones is 1. The summed E-state index contributed by atoms with van der Waals surface area (Å²) >= 11 is 3.42. The number of hydrogen-bond donors (Lipinski definition) is 0. The Morgan fingerprint density at radius 3 is 2.46 bits per heavy atom. The van der Waals surface area contributed by atoms with Crippen LogP contribution in [0, 0.1) is 0 Å². The fourth-order valence-electron chi connectivity index (χ4n) is 2.40. The summed E-state index contributed by atoms with van der Waals surface area (Å²) in [6.07, 6.45) is 10.6. The Morgan fingerprint density at radius 1 is 1.12 bits per heavy atom. The topological polar surface area (TPSA) is 44.1 Å². The van der Waals surface area contributed by atoms with Crippen LogP contribution in [0.3, 0.4) is 0 Å². The molecule has 0 aliphatic rings. The number of methoxy groups -OCH3 is 1. The standard InChI is InChI=1S/C21H17BrN2O2/c1-26-19-11-7-17(8-12-19)21(25)20(24-14-13-23-15-24)4-2-3-16-5-9-18(22)10-6-16/h2-15H,1H3/b3-2+,20-4-. The number of carbonyl (C=O) groups is 1. The monoisotopic (exact) mass is 408 g/mol. The van der Waals surface area contributed by atoms with Gasteiger partial charge in [-0.05, 0) is 48.0 Å². The molecule has 0 bridgehead atoms. The molecule has 130 valence electrons. The molecular weight excluding hydrogens is 392 g/mol. The van der Waals surface area contributed by atoms with Crippen LogP contribution < -0.4 is 4.74 Å². The van der Waals surface area contributed by atoms with Crippen molar-refractivity contribution >= 4 is 33.5 Å². The zero-order valence-corrected chi connectivity index (χ0v) is 15.8.